The minimum Gasteiger partial charge on any atom is -0.448 e. The normalized spacial score (nSPS) is 14.0. The minimum absolute atomic E-state index is 0.0335. The highest BCUT2D eigenvalue weighted by atomic mass is 16.6. The van der Waals surface area contributed by atoms with Gasteiger partial charge in [0.15, 0.2) is 0 Å². The molecule has 1 aliphatic rings. The fraction of sp³-hybridized carbons (Fsp3) is 0.571. The van der Waals surface area contributed by atoms with Crippen LogP contribution in [0.4, 0.5) is 9.59 Å². The van der Waals surface area contributed by atoms with Crippen molar-refractivity contribution in [1.82, 2.24) is 15.5 Å². The smallest absolute Gasteiger partial charge is 0.407 e. The highest BCUT2D eigenvalue weighted by Gasteiger charge is 2.22. The van der Waals surface area contributed by atoms with Crippen LogP contribution in [0.15, 0.2) is 12.2 Å². The number of ether oxygens (including phenoxy) is 2. The summed E-state index contributed by atoms with van der Waals surface area (Å²) < 4.78 is 9.82. The standard InChI is InChI=1S/C14H21N3O6/c1-14(2,3)23-13(21)16-7-9-22-12(20)15-6-8-17-10(18)4-5-11(17)19/h4-5H,6-9H2,1-3H3,(H,15,20)(H,16,21). The van der Waals surface area contributed by atoms with Crippen molar-refractivity contribution in [3.8, 4) is 0 Å². The van der Waals surface area contributed by atoms with E-state index in [0.29, 0.717) is 0 Å². The number of imide groups is 1. The summed E-state index contributed by atoms with van der Waals surface area (Å²) in [5, 5.41) is 4.83. The van der Waals surface area contributed by atoms with E-state index in [0.717, 1.165) is 4.90 Å². The lowest BCUT2D eigenvalue weighted by Crippen LogP contribution is -2.39. The Morgan fingerprint density at radius 3 is 2.17 bits per heavy atom. The topological polar surface area (TPSA) is 114 Å². The summed E-state index contributed by atoms with van der Waals surface area (Å²) in [7, 11) is 0. The third kappa shape index (κ3) is 7.30. The Kier molecular flexibility index (Phi) is 6.55. The predicted molar refractivity (Wildman–Crippen MR) is 79.4 cm³/mol. The zero-order valence-electron chi connectivity index (χ0n) is 13.4. The minimum atomic E-state index is -0.706. The second-order valence-corrected chi connectivity index (χ2v) is 5.65. The quantitative estimate of drug-likeness (QED) is 0.531. The van der Waals surface area contributed by atoms with Gasteiger partial charge in [-0.15, -0.1) is 0 Å². The van der Waals surface area contributed by atoms with Gasteiger partial charge in [-0.25, -0.2) is 9.59 Å². The Morgan fingerprint density at radius 1 is 1.04 bits per heavy atom. The van der Waals surface area contributed by atoms with E-state index in [2.05, 4.69) is 10.6 Å². The maximum absolute atomic E-state index is 11.4. The van der Waals surface area contributed by atoms with Crippen LogP contribution in [-0.2, 0) is 19.1 Å². The summed E-state index contributed by atoms with van der Waals surface area (Å²) in [6.07, 6.45) is 1.04. The maximum Gasteiger partial charge on any atom is 0.407 e. The number of alkyl carbamates (subject to hydrolysis) is 2. The molecule has 0 saturated heterocycles. The lowest BCUT2D eigenvalue weighted by molar-refractivity contribution is -0.136. The van der Waals surface area contributed by atoms with Gasteiger partial charge in [0, 0.05) is 25.2 Å². The Bertz CT molecular complexity index is 491. The molecule has 0 unspecified atom stereocenters. The second-order valence-electron chi connectivity index (χ2n) is 5.65. The molecule has 0 saturated carbocycles. The van der Waals surface area contributed by atoms with E-state index in [9.17, 15) is 19.2 Å². The molecule has 1 heterocycles. The Morgan fingerprint density at radius 2 is 1.61 bits per heavy atom. The molecule has 0 radical (unpaired) electrons. The van der Waals surface area contributed by atoms with Crippen molar-refractivity contribution in [3.63, 3.8) is 0 Å². The first-order valence-electron chi connectivity index (χ1n) is 7.10. The number of rotatable bonds is 6. The summed E-state index contributed by atoms with van der Waals surface area (Å²) in [5.74, 6) is -0.821. The van der Waals surface area contributed by atoms with Crippen LogP contribution in [0.25, 0.3) is 0 Å². The summed E-state index contributed by atoms with van der Waals surface area (Å²) >= 11 is 0. The number of hydrogen-bond acceptors (Lipinski definition) is 6. The molecule has 128 valence electrons. The largest absolute Gasteiger partial charge is 0.448 e. The first-order chi connectivity index (χ1) is 10.7. The van der Waals surface area contributed by atoms with Crippen molar-refractivity contribution in [3.05, 3.63) is 12.2 Å². The molecule has 0 aromatic rings. The number of carbonyl (C=O) groups is 4. The number of nitrogens with zero attached hydrogens (tertiary/aromatic N) is 1. The number of nitrogens with one attached hydrogen (secondary N) is 2. The van der Waals surface area contributed by atoms with Gasteiger partial charge in [-0.2, -0.15) is 0 Å². The van der Waals surface area contributed by atoms with Gasteiger partial charge in [-0.1, -0.05) is 0 Å². The van der Waals surface area contributed by atoms with E-state index in [4.69, 9.17) is 9.47 Å². The van der Waals surface area contributed by atoms with E-state index in [1.807, 2.05) is 0 Å². The predicted octanol–water partition coefficient (Wildman–Crippen LogP) is 0.162. The average molecular weight is 327 g/mol. The van der Waals surface area contributed by atoms with Gasteiger partial charge in [0.1, 0.15) is 12.2 Å². The second kappa shape index (κ2) is 8.16. The third-order valence-electron chi connectivity index (χ3n) is 2.51. The molecule has 0 aromatic carbocycles. The molecular formula is C14H21N3O6. The first kappa shape index (κ1) is 18.5. The molecule has 1 aliphatic heterocycles. The van der Waals surface area contributed by atoms with E-state index in [-0.39, 0.29) is 26.2 Å². The monoisotopic (exact) mass is 327 g/mol. The van der Waals surface area contributed by atoms with Crippen molar-refractivity contribution in [2.24, 2.45) is 0 Å². The fourth-order valence-corrected chi connectivity index (χ4v) is 1.58. The lowest BCUT2D eigenvalue weighted by atomic mass is 10.2. The Hall–Kier alpha value is -2.58. The van der Waals surface area contributed by atoms with Crippen LogP contribution in [0.3, 0.4) is 0 Å². The third-order valence-corrected chi connectivity index (χ3v) is 2.51. The molecule has 9 nitrogen and oxygen atoms in total. The van der Waals surface area contributed by atoms with Gasteiger partial charge in [0.2, 0.25) is 0 Å². The highest BCUT2D eigenvalue weighted by molar-refractivity contribution is 6.12. The SMILES string of the molecule is CC(C)(C)OC(=O)NCCOC(=O)NCCN1C(=O)C=CC1=O. The van der Waals surface area contributed by atoms with Crippen molar-refractivity contribution >= 4 is 24.0 Å². The van der Waals surface area contributed by atoms with E-state index in [1.54, 1.807) is 20.8 Å². The van der Waals surface area contributed by atoms with Crippen LogP contribution in [0.2, 0.25) is 0 Å². The summed E-state index contributed by atoms with van der Waals surface area (Å²) in [6, 6.07) is 0. The van der Waals surface area contributed by atoms with Crippen molar-refractivity contribution in [2.75, 3.05) is 26.2 Å². The molecule has 4 amide bonds. The maximum atomic E-state index is 11.4. The van der Waals surface area contributed by atoms with Gasteiger partial charge >= 0.3 is 12.2 Å². The zero-order chi connectivity index (χ0) is 17.5. The van der Waals surface area contributed by atoms with E-state index in [1.165, 1.54) is 12.2 Å². The Balaban J connectivity index is 2.08. The van der Waals surface area contributed by atoms with Crippen LogP contribution in [-0.4, -0.2) is 60.7 Å². The molecule has 23 heavy (non-hydrogen) atoms. The van der Waals surface area contributed by atoms with Gasteiger partial charge in [0.25, 0.3) is 11.8 Å². The molecule has 0 aliphatic carbocycles. The molecule has 2 N–H and O–H groups in total. The molecule has 1 rings (SSSR count). The summed E-state index contributed by atoms with van der Waals surface area (Å²) in [6.45, 7) is 5.43. The molecule has 0 atom stereocenters. The van der Waals surface area contributed by atoms with Crippen LogP contribution in [0.1, 0.15) is 20.8 Å². The Labute approximate surface area is 134 Å². The van der Waals surface area contributed by atoms with Crippen LogP contribution >= 0.6 is 0 Å². The van der Waals surface area contributed by atoms with Crippen LogP contribution in [0.5, 0.6) is 0 Å². The van der Waals surface area contributed by atoms with Crippen molar-refractivity contribution in [2.45, 2.75) is 26.4 Å². The number of amides is 4. The van der Waals surface area contributed by atoms with Gasteiger partial charge in [-0.05, 0) is 20.8 Å². The summed E-state index contributed by atoms with van der Waals surface area (Å²) in [4.78, 5) is 46.2. The average Bonchev–Trinajstić information content (AvgIpc) is 2.73. The molecule has 0 bridgehead atoms. The van der Waals surface area contributed by atoms with E-state index < -0.39 is 29.6 Å². The van der Waals surface area contributed by atoms with E-state index >= 15 is 0 Å². The number of hydrogen-bond donors (Lipinski definition) is 2. The molecule has 0 aromatic heterocycles. The van der Waals surface area contributed by atoms with Gasteiger partial charge in [-0.3, -0.25) is 14.5 Å². The van der Waals surface area contributed by atoms with Crippen LogP contribution in [0, 0.1) is 0 Å². The molecular weight excluding hydrogens is 306 g/mol. The lowest BCUT2D eigenvalue weighted by Gasteiger charge is -2.19. The highest BCUT2D eigenvalue weighted by Crippen LogP contribution is 2.06. The molecule has 9 heteroatoms. The molecule has 0 spiro atoms. The van der Waals surface area contributed by atoms with Crippen molar-refractivity contribution < 1.29 is 28.7 Å². The number of carbonyl (C=O) groups excluding carboxylic acids is 4. The fourth-order valence-electron chi connectivity index (χ4n) is 1.58. The first-order valence-corrected chi connectivity index (χ1v) is 7.10. The van der Waals surface area contributed by atoms with Crippen molar-refractivity contribution in [1.29, 1.82) is 0 Å². The van der Waals surface area contributed by atoms with Gasteiger partial charge in [0.05, 0.1) is 6.54 Å². The van der Waals surface area contributed by atoms with Gasteiger partial charge < -0.3 is 20.1 Å². The van der Waals surface area contributed by atoms with Crippen LogP contribution < -0.4 is 10.6 Å². The molecule has 0 fully saturated rings. The zero-order valence-corrected chi connectivity index (χ0v) is 13.4. The summed E-state index contributed by atoms with van der Waals surface area (Å²) in [5.41, 5.74) is -0.596.